The molecule has 0 atom stereocenters. The summed E-state index contributed by atoms with van der Waals surface area (Å²) in [6.45, 7) is 2.88. The highest BCUT2D eigenvalue weighted by atomic mass is 32.2. The highest BCUT2D eigenvalue weighted by Crippen LogP contribution is 2.45. The van der Waals surface area contributed by atoms with Crippen molar-refractivity contribution in [2.45, 2.75) is 70.8 Å². The second kappa shape index (κ2) is 9.00. The molecule has 29 heavy (non-hydrogen) atoms. The molecule has 154 valence electrons. The van der Waals surface area contributed by atoms with E-state index in [1.807, 2.05) is 29.2 Å². The number of hydrogen-bond acceptors (Lipinski definition) is 4. The van der Waals surface area contributed by atoms with Gasteiger partial charge in [0, 0.05) is 18.2 Å². The van der Waals surface area contributed by atoms with E-state index >= 15 is 0 Å². The van der Waals surface area contributed by atoms with Crippen molar-refractivity contribution in [1.29, 1.82) is 0 Å². The Kier molecular flexibility index (Phi) is 6.40. The highest BCUT2D eigenvalue weighted by molar-refractivity contribution is 8.26. The molecule has 6 heteroatoms. The molecule has 0 unspecified atom stereocenters. The molecule has 0 radical (unpaired) electrons. The van der Waals surface area contributed by atoms with Gasteiger partial charge in [-0.15, -0.1) is 0 Å². The van der Waals surface area contributed by atoms with Gasteiger partial charge in [-0.1, -0.05) is 87.6 Å². The van der Waals surface area contributed by atoms with E-state index < -0.39 is 0 Å². The normalized spacial score (nSPS) is 22.7. The van der Waals surface area contributed by atoms with Crippen molar-refractivity contribution in [2.24, 2.45) is 0 Å². The van der Waals surface area contributed by atoms with E-state index in [1.165, 1.54) is 31.0 Å². The summed E-state index contributed by atoms with van der Waals surface area (Å²) in [7, 11) is 0. The van der Waals surface area contributed by atoms with Crippen molar-refractivity contribution >= 4 is 51.4 Å². The zero-order valence-electron chi connectivity index (χ0n) is 17.0. The predicted octanol–water partition coefficient (Wildman–Crippen LogP) is 5.52. The van der Waals surface area contributed by atoms with Gasteiger partial charge < -0.3 is 4.90 Å². The van der Waals surface area contributed by atoms with Crippen LogP contribution in [0.3, 0.4) is 0 Å². The molecule has 4 rings (SSSR count). The van der Waals surface area contributed by atoms with E-state index in [-0.39, 0.29) is 17.9 Å². The van der Waals surface area contributed by atoms with Crippen LogP contribution in [0.2, 0.25) is 0 Å². The fourth-order valence-corrected chi connectivity index (χ4v) is 6.07. The molecule has 1 aromatic carbocycles. The molecule has 2 fully saturated rings. The molecular formula is C23H28N2O2S2. The maximum Gasteiger partial charge on any atom is 0.267 e. The van der Waals surface area contributed by atoms with Crippen molar-refractivity contribution < 1.29 is 9.59 Å². The highest BCUT2D eigenvalue weighted by Gasteiger charge is 2.43. The fourth-order valence-electron chi connectivity index (χ4n) is 4.60. The minimum atomic E-state index is -0.0714. The van der Waals surface area contributed by atoms with Gasteiger partial charge in [-0.25, -0.2) is 0 Å². The number of benzene rings is 1. The van der Waals surface area contributed by atoms with Crippen molar-refractivity contribution in [3.05, 3.63) is 34.7 Å². The van der Waals surface area contributed by atoms with Gasteiger partial charge >= 0.3 is 0 Å². The molecular weight excluding hydrogens is 400 g/mol. The van der Waals surface area contributed by atoms with Crippen LogP contribution in [-0.4, -0.2) is 33.6 Å². The van der Waals surface area contributed by atoms with E-state index in [9.17, 15) is 9.59 Å². The number of nitrogens with zero attached hydrogens (tertiary/aromatic N) is 2. The molecule has 3 aliphatic rings. The van der Waals surface area contributed by atoms with Crippen molar-refractivity contribution in [2.75, 3.05) is 11.4 Å². The molecule has 4 nitrogen and oxygen atoms in total. The minimum absolute atomic E-state index is 0.0492. The first-order valence-corrected chi connectivity index (χ1v) is 12.1. The molecule has 1 aromatic rings. The average Bonchev–Trinajstić information content (AvgIpc) is 3.18. The summed E-state index contributed by atoms with van der Waals surface area (Å²) in [6, 6.07) is 8.03. The zero-order valence-corrected chi connectivity index (χ0v) is 18.6. The third-order valence-corrected chi connectivity index (χ3v) is 7.53. The van der Waals surface area contributed by atoms with Gasteiger partial charge in [-0.05, 0) is 25.3 Å². The Morgan fingerprint density at radius 3 is 2.55 bits per heavy atom. The molecule has 1 aliphatic carbocycles. The number of para-hydroxylation sites is 1. The molecule has 1 saturated heterocycles. The first-order valence-electron chi connectivity index (χ1n) is 10.8. The molecule has 2 amide bonds. The van der Waals surface area contributed by atoms with Gasteiger partial charge in [0.1, 0.15) is 4.32 Å². The lowest BCUT2D eigenvalue weighted by molar-refractivity contribution is -0.124. The van der Waals surface area contributed by atoms with E-state index in [0.29, 0.717) is 21.3 Å². The van der Waals surface area contributed by atoms with Crippen LogP contribution in [0.5, 0.6) is 0 Å². The van der Waals surface area contributed by atoms with E-state index in [4.69, 9.17) is 12.2 Å². The number of rotatable bonds is 6. The topological polar surface area (TPSA) is 40.6 Å². The van der Waals surface area contributed by atoms with E-state index in [0.717, 1.165) is 49.8 Å². The molecule has 1 saturated carbocycles. The maximum absolute atomic E-state index is 13.4. The summed E-state index contributed by atoms with van der Waals surface area (Å²) in [5.74, 6) is -0.121. The lowest BCUT2D eigenvalue weighted by Gasteiger charge is -2.29. The van der Waals surface area contributed by atoms with Crippen LogP contribution in [0.25, 0.3) is 5.57 Å². The molecule has 2 aliphatic heterocycles. The van der Waals surface area contributed by atoms with Gasteiger partial charge in [-0.2, -0.15) is 0 Å². The molecule has 0 spiro atoms. The number of carbonyl (C=O) groups excluding carboxylic acids is 2. The van der Waals surface area contributed by atoms with Crippen LogP contribution in [0, 0.1) is 0 Å². The van der Waals surface area contributed by atoms with Gasteiger partial charge in [0.05, 0.1) is 16.2 Å². The second-order valence-corrected chi connectivity index (χ2v) is 9.72. The Morgan fingerprint density at radius 2 is 1.79 bits per heavy atom. The number of anilines is 1. The molecule has 0 N–H and O–H groups in total. The largest absolute Gasteiger partial charge is 0.308 e. The van der Waals surface area contributed by atoms with Gasteiger partial charge in [-0.3, -0.25) is 14.5 Å². The summed E-state index contributed by atoms with van der Waals surface area (Å²) >= 11 is 6.90. The summed E-state index contributed by atoms with van der Waals surface area (Å²) in [5, 5.41) is 0. The SMILES string of the molecule is CCCCCCN1C(=O)/C(=C2\SC(=S)N(C3CCCCC3)C2=O)c2ccccc21. The predicted molar refractivity (Wildman–Crippen MR) is 124 cm³/mol. The lowest BCUT2D eigenvalue weighted by atomic mass is 9.94. The van der Waals surface area contributed by atoms with Gasteiger partial charge in [0.15, 0.2) is 0 Å². The van der Waals surface area contributed by atoms with Crippen LogP contribution < -0.4 is 4.90 Å². The Morgan fingerprint density at radius 1 is 1.03 bits per heavy atom. The fraction of sp³-hybridized carbons (Fsp3) is 0.522. The van der Waals surface area contributed by atoms with E-state index in [2.05, 4.69) is 6.92 Å². The summed E-state index contributed by atoms with van der Waals surface area (Å²) in [4.78, 5) is 30.9. The minimum Gasteiger partial charge on any atom is -0.308 e. The van der Waals surface area contributed by atoms with Gasteiger partial charge in [0.2, 0.25) is 0 Å². The number of thioether (sulfide) groups is 1. The van der Waals surface area contributed by atoms with Gasteiger partial charge in [0.25, 0.3) is 11.8 Å². The van der Waals surface area contributed by atoms with Crippen LogP contribution in [0.15, 0.2) is 29.2 Å². The molecule has 2 heterocycles. The van der Waals surface area contributed by atoms with Crippen molar-refractivity contribution in [1.82, 2.24) is 4.90 Å². The first kappa shape index (κ1) is 20.6. The van der Waals surface area contributed by atoms with Crippen molar-refractivity contribution in [3.8, 4) is 0 Å². The maximum atomic E-state index is 13.4. The Bertz CT molecular complexity index is 858. The monoisotopic (exact) mass is 428 g/mol. The third kappa shape index (κ3) is 3.89. The first-order chi connectivity index (χ1) is 14.1. The van der Waals surface area contributed by atoms with Crippen molar-refractivity contribution in [3.63, 3.8) is 0 Å². The molecule has 0 aromatic heterocycles. The summed E-state index contributed by atoms with van der Waals surface area (Å²) in [6.07, 6.45) is 9.95. The zero-order chi connectivity index (χ0) is 20.4. The van der Waals surface area contributed by atoms with Crippen LogP contribution in [0.4, 0.5) is 5.69 Å². The van der Waals surface area contributed by atoms with Crippen LogP contribution in [0.1, 0.15) is 70.3 Å². The summed E-state index contributed by atoms with van der Waals surface area (Å²) in [5.41, 5.74) is 2.34. The lowest BCUT2D eigenvalue weighted by Crippen LogP contribution is -2.40. The number of carbonyl (C=O) groups is 2. The number of unbranched alkanes of at least 4 members (excludes halogenated alkanes) is 3. The quantitative estimate of drug-likeness (QED) is 0.340. The second-order valence-electron chi connectivity index (χ2n) is 8.07. The smallest absolute Gasteiger partial charge is 0.267 e. The van der Waals surface area contributed by atoms with Crippen LogP contribution in [-0.2, 0) is 9.59 Å². The number of amides is 2. The molecule has 0 bridgehead atoms. The summed E-state index contributed by atoms with van der Waals surface area (Å²) < 4.78 is 0.607. The van der Waals surface area contributed by atoms with E-state index in [1.54, 1.807) is 4.90 Å². The average molecular weight is 429 g/mol. The standard InChI is InChI=1S/C23H28N2O2S2/c1-2-3-4-10-15-24-18-14-9-8-13-17(18)19(21(24)26)20-22(27)25(23(28)29-20)16-11-6-5-7-12-16/h8-9,13-14,16H,2-7,10-12,15H2,1H3/b20-19-. The number of hydrogen-bond donors (Lipinski definition) is 0. The Labute approximate surface area is 182 Å². The van der Waals surface area contributed by atoms with Crippen LogP contribution >= 0.6 is 24.0 Å². The number of thiocarbonyl (C=S) groups is 1. The Hall–Kier alpha value is -1.66. The third-order valence-electron chi connectivity index (χ3n) is 6.12. The number of fused-ring (bicyclic) bond motifs is 1. The Balaban J connectivity index is 1.65.